The van der Waals surface area contributed by atoms with Crippen LogP contribution in [0.5, 0.6) is 5.75 Å². The summed E-state index contributed by atoms with van der Waals surface area (Å²) in [5, 5.41) is 16.5. The first-order valence-electron chi connectivity index (χ1n) is 8.41. The van der Waals surface area contributed by atoms with Crippen molar-refractivity contribution in [3.8, 4) is 17.0 Å². The number of nitrogens with one attached hydrogen (secondary N) is 1. The molecule has 27 heavy (non-hydrogen) atoms. The van der Waals surface area contributed by atoms with E-state index in [2.05, 4.69) is 15.5 Å². The quantitative estimate of drug-likeness (QED) is 0.496. The van der Waals surface area contributed by atoms with Crippen LogP contribution in [0.15, 0.2) is 59.0 Å². The summed E-state index contributed by atoms with van der Waals surface area (Å²) in [6, 6.07) is 13.3. The van der Waals surface area contributed by atoms with Crippen molar-refractivity contribution in [2.45, 2.75) is 19.8 Å². The Balaban J connectivity index is 1.67. The van der Waals surface area contributed by atoms with E-state index >= 15 is 0 Å². The molecule has 7 heteroatoms. The fourth-order valence-electron chi connectivity index (χ4n) is 2.51. The molecule has 0 aliphatic carbocycles. The molecule has 1 aromatic heterocycles. The van der Waals surface area contributed by atoms with Gasteiger partial charge in [-0.3, -0.25) is 4.79 Å². The van der Waals surface area contributed by atoms with E-state index in [-0.39, 0.29) is 23.6 Å². The Kier molecular flexibility index (Phi) is 5.93. The number of hydrogen-bond donors (Lipinski definition) is 2. The van der Waals surface area contributed by atoms with Gasteiger partial charge in [0, 0.05) is 16.5 Å². The van der Waals surface area contributed by atoms with E-state index in [0.29, 0.717) is 17.1 Å². The molecule has 2 aromatic carbocycles. The molecule has 0 bridgehead atoms. The van der Waals surface area contributed by atoms with Crippen LogP contribution in [0.3, 0.4) is 0 Å². The van der Waals surface area contributed by atoms with E-state index in [0.717, 1.165) is 17.3 Å². The maximum atomic E-state index is 13.4. The Morgan fingerprint density at radius 1 is 1.26 bits per heavy atom. The summed E-state index contributed by atoms with van der Waals surface area (Å²) >= 11 is 1.40. The van der Waals surface area contributed by atoms with Crippen molar-refractivity contribution in [2.24, 2.45) is 5.10 Å². The highest BCUT2D eigenvalue weighted by Crippen LogP contribution is 2.22. The molecule has 0 aliphatic heterocycles. The maximum Gasteiger partial charge on any atom is 0.246 e. The third kappa shape index (κ3) is 4.77. The highest BCUT2D eigenvalue weighted by molar-refractivity contribution is 7.10. The molecule has 0 unspecified atom stereocenters. The maximum absolute atomic E-state index is 13.4. The number of aromatic hydroxyl groups is 1. The van der Waals surface area contributed by atoms with Gasteiger partial charge in [-0.2, -0.15) is 5.10 Å². The third-order valence-corrected chi connectivity index (χ3v) is 4.70. The standard InChI is InChI=1S/C20H18FN3O2S/c1-2-16(15-10-14(21)8-9-18(15)25)23-24-19(26)11-20-22-17(12-27-20)13-6-4-3-5-7-13/h3-10,12,25H,2,11H2,1H3,(H,24,26)/b23-16+. The number of halogens is 1. The van der Waals surface area contributed by atoms with Crippen LogP contribution in [0, 0.1) is 5.82 Å². The number of phenolic OH excluding ortho intramolecular Hbond substituents is 1. The Bertz CT molecular complexity index is 970. The van der Waals surface area contributed by atoms with Crippen LogP contribution in [0.1, 0.15) is 23.9 Å². The lowest BCUT2D eigenvalue weighted by atomic mass is 10.1. The topological polar surface area (TPSA) is 74.6 Å². The van der Waals surface area contributed by atoms with Gasteiger partial charge in [0.05, 0.1) is 17.8 Å². The Labute approximate surface area is 160 Å². The molecular weight excluding hydrogens is 365 g/mol. The van der Waals surface area contributed by atoms with Crippen molar-refractivity contribution in [3.05, 3.63) is 70.3 Å². The van der Waals surface area contributed by atoms with Crippen molar-refractivity contribution in [3.63, 3.8) is 0 Å². The van der Waals surface area contributed by atoms with Crippen molar-refractivity contribution >= 4 is 23.0 Å². The minimum atomic E-state index is -0.480. The van der Waals surface area contributed by atoms with Crippen LogP contribution in [-0.2, 0) is 11.2 Å². The number of amides is 1. The number of carbonyl (C=O) groups is 1. The molecule has 1 amide bonds. The number of nitrogens with zero attached hydrogens (tertiary/aromatic N) is 2. The first-order chi connectivity index (χ1) is 13.1. The predicted octanol–water partition coefficient (Wildman–Crippen LogP) is 4.13. The molecule has 2 N–H and O–H groups in total. The molecule has 0 aliphatic rings. The predicted molar refractivity (Wildman–Crippen MR) is 104 cm³/mol. The number of thiazole rings is 1. The summed E-state index contributed by atoms with van der Waals surface area (Å²) in [7, 11) is 0. The monoisotopic (exact) mass is 383 g/mol. The Hall–Kier alpha value is -3.06. The van der Waals surface area contributed by atoms with Crippen molar-refractivity contribution in [2.75, 3.05) is 0 Å². The number of phenols is 1. The zero-order valence-corrected chi connectivity index (χ0v) is 15.5. The van der Waals surface area contributed by atoms with Gasteiger partial charge in [-0.25, -0.2) is 14.8 Å². The first-order valence-corrected chi connectivity index (χ1v) is 9.29. The highest BCUT2D eigenvalue weighted by atomic mass is 32.1. The van der Waals surface area contributed by atoms with Gasteiger partial charge in [0.25, 0.3) is 0 Å². The van der Waals surface area contributed by atoms with E-state index in [1.807, 2.05) is 42.6 Å². The second-order valence-corrected chi connectivity index (χ2v) is 6.72. The summed E-state index contributed by atoms with van der Waals surface area (Å²) in [5.74, 6) is -0.893. The Morgan fingerprint density at radius 2 is 2.04 bits per heavy atom. The van der Waals surface area contributed by atoms with Crippen molar-refractivity contribution in [1.29, 1.82) is 0 Å². The molecule has 0 fully saturated rings. The molecular formula is C20H18FN3O2S. The van der Waals surface area contributed by atoms with Gasteiger partial charge in [-0.1, -0.05) is 37.3 Å². The first kappa shape index (κ1) is 18.7. The highest BCUT2D eigenvalue weighted by Gasteiger charge is 2.12. The van der Waals surface area contributed by atoms with Gasteiger partial charge >= 0.3 is 0 Å². The molecule has 0 saturated heterocycles. The van der Waals surface area contributed by atoms with Crippen LogP contribution in [-0.4, -0.2) is 21.7 Å². The second kappa shape index (κ2) is 8.55. The average molecular weight is 383 g/mol. The van der Waals surface area contributed by atoms with E-state index in [9.17, 15) is 14.3 Å². The summed E-state index contributed by atoms with van der Waals surface area (Å²) in [6.45, 7) is 1.81. The number of carbonyl (C=O) groups excluding carboxylic acids is 1. The fourth-order valence-corrected chi connectivity index (χ4v) is 3.31. The average Bonchev–Trinajstić information content (AvgIpc) is 3.14. The number of rotatable bonds is 6. The summed E-state index contributed by atoms with van der Waals surface area (Å²) in [5.41, 5.74) is 4.93. The molecule has 0 spiro atoms. The zero-order valence-electron chi connectivity index (χ0n) is 14.6. The van der Waals surface area contributed by atoms with Crippen LogP contribution in [0.25, 0.3) is 11.3 Å². The molecule has 5 nitrogen and oxygen atoms in total. The lowest BCUT2D eigenvalue weighted by molar-refractivity contribution is -0.120. The SMILES string of the molecule is CC/C(=N\NC(=O)Cc1nc(-c2ccccc2)cs1)c1cc(F)ccc1O. The summed E-state index contributed by atoms with van der Waals surface area (Å²) in [6.07, 6.45) is 0.514. The van der Waals surface area contributed by atoms with E-state index in [1.165, 1.54) is 23.5 Å². The molecule has 138 valence electrons. The lowest BCUT2D eigenvalue weighted by Crippen LogP contribution is -2.21. The number of benzene rings is 2. The molecule has 0 atom stereocenters. The number of hydrogen-bond acceptors (Lipinski definition) is 5. The van der Waals surface area contributed by atoms with Gasteiger partial charge in [-0.05, 0) is 24.6 Å². The van der Waals surface area contributed by atoms with Crippen LogP contribution in [0.2, 0.25) is 0 Å². The largest absolute Gasteiger partial charge is 0.507 e. The minimum absolute atomic E-state index is 0.0846. The third-order valence-electron chi connectivity index (χ3n) is 3.85. The minimum Gasteiger partial charge on any atom is -0.507 e. The van der Waals surface area contributed by atoms with Crippen LogP contribution in [0.4, 0.5) is 4.39 Å². The molecule has 0 saturated carbocycles. The summed E-state index contributed by atoms with van der Waals surface area (Å²) in [4.78, 5) is 16.6. The van der Waals surface area contributed by atoms with Gasteiger partial charge in [0.1, 0.15) is 16.6 Å². The second-order valence-electron chi connectivity index (χ2n) is 5.78. The van der Waals surface area contributed by atoms with E-state index < -0.39 is 5.82 Å². The lowest BCUT2D eigenvalue weighted by Gasteiger charge is -2.07. The summed E-state index contributed by atoms with van der Waals surface area (Å²) < 4.78 is 13.4. The van der Waals surface area contributed by atoms with Gasteiger partial charge < -0.3 is 5.11 Å². The van der Waals surface area contributed by atoms with E-state index in [1.54, 1.807) is 0 Å². The molecule has 0 radical (unpaired) electrons. The molecule has 3 rings (SSSR count). The van der Waals surface area contributed by atoms with Crippen molar-refractivity contribution < 1.29 is 14.3 Å². The molecule has 3 aromatic rings. The fraction of sp³-hybridized carbons (Fsp3) is 0.150. The van der Waals surface area contributed by atoms with Crippen LogP contribution < -0.4 is 5.43 Å². The van der Waals surface area contributed by atoms with Crippen molar-refractivity contribution in [1.82, 2.24) is 10.4 Å². The zero-order chi connectivity index (χ0) is 19.2. The number of aromatic nitrogens is 1. The normalized spacial score (nSPS) is 11.4. The van der Waals surface area contributed by atoms with E-state index in [4.69, 9.17) is 0 Å². The molecule has 1 heterocycles. The van der Waals surface area contributed by atoms with Gasteiger partial charge in [-0.15, -0.1) is 11.3 Å². The van der Waals surface area contributed by atoms with Crippen LogP contribution >= 0.6 is 11.3 Å². The van der Waals surface area contributed by atoms with Gasteiger partial charge in [0.2, 0.25) is 5.91 Å². The Morgan fingerprint density at radius 3 is 2.78 bits per heavy atom. The van der Waals surface area contributed by atoms with Gasteiger partial charge in [0.15, 0.2) is 0 Å². The smallest absolute Gasteiger partial charge is 0.246 e. The number of hydrazone groups is 1.